The Labute approximate surface area is 94.6 Å². The Morgan fingerprint density at radius 1 is 1.53 bits per heavy atom. The maximum atomic E-state index is 8.82. The van der Waals surface area contributed by atoms with Crippen LogP contribution < -0.4 is 10.1 Å². The topological polar surface area (TPSA) is 45.0 Å². The predicted octanol–water partition coefficient (Wildman–Crippen LogP) is 2.20. The van der Waals surface area contributed by atoms with Gasteiger partial charge in [-0.15, -0.1) is 0 Å². The summed E-state index contributed by atoms with van der Waals surface area (Å²) in [5.74, 6) is 0.544. The quantitative estimate of drug-likeness (QED) is 0.780. The van der Waals surface area contributed by atoms with E-state index in [1.54, 1.807) is 18.2 Å². The van der Waals surface area contributed by atoms with Crippen molar-refractivity contribution >= 4 is 11.6 Å². The molecule has 1 aromatic rings. The second-order valence-corrected chi connectivity index (χ2v) is 3.39. The average Bonchev–Trinajstić information content (AvgIpc) is 2.25. The van der Waals surface area contributed by atoms with Crippen LogP contribution in [0.5, 0.6) is 5.75 Å². The molecule has 1 aromatic carbocycles. The highest BCUT2D eigenvalue weighted by atomic mass is 35.5. The van der Waals surface area contributed by atoms with Crippen LogP contribution >= 0.6 is 11.6 Å². The van der Waals surface area contributed by atoms with E-state index >= 15 is 0 Å². The molecule has 0 aliphatic heterocycles. The summed E-state index contributed by atoms with van der Waals surface area (Å²) < 4.78 is 5.44. The van der Waals surface area contributed by atoms with Gasteiger partial charge in [0.2, 0.25) is 0 Å². The Kier molecular flexibility index (Phi) is 4.96. The van der Waals surface area contributed by atoms with E-state index in [1.165, 1.54) is 0 Å². The first-order valence-electron chi connectivity index (χ1n) is 4.81. The van der Waals surface area contributed by atoms with E-state index in [-0.39, 0.29) is 0 Å². The van der Waals surface area contributed by atoms with Crippen molar-refractivity contribution in [2.24, 2.45) is 0 Å². The smallest absolute Gasteiger partial charge is 0.138 e. The summed E-state index contributed by atoms with van der Waals surface area (Å²) in [6.07, 6.45) is 0. The van der Waals surface area contributed by atoms with Crippen molar-refractivity contribution in [1.82, 2.24) is 5.32 Å². The average molecular weight is 225 g/mol. The number of halogens is 1. The summed E-state index contributed by atoms with van der Waals surface area (Å²) >= 11 is 5.81. The summed E-state index contributed by atoms with van der Waals surface area (Å²) in [5, 5.41) is 12.5. The third-order valence-corrected chi connectivity index (χ3v) is 2.09. The van der Waals surface area contributed by atoms with Gasteiger partial charge in [-0.25, -0.2) is 0 Å². The number of hydrogen-bond donors (Lipinski definition) is 1. The molecular weight excluding hydrogens is 212 g/mol. The van der Waals surface area contributed by atoms with Gasteiger partial charge in [0.25, 0.3) is 0 Å². The largest absolute Gasteiger partial charge is 0.491 e. The van der Waals surface area contributed by atoms with Gasteiger partial charge >= 0.3 is 0 Å². The molecule has 0 bridgehead atoms. The van der Waals surface area contributed by atoms with Gasteiger partial charge in [-0.05, 0) is 18.7 Å². The monoisotopic (exact) mass is 224 g/mol. The van der Waals surface area contributed by atoms with Gasteiger partial charge in [-0.2, -0.15) is 5.26 Å². The minimum atomic E-state index is 0.510. The van der Waals surface area contributed by atoms with E-state index in [9.17, 15) is 0 Å². The number of benzene rings is 1. The highest BCUT2D eigenvalue weighted by Crippen LogP contribution is 2.22. The van der Waals surface area contributed by atoms with E-state index in [1.807, 2.05) is 6.92 Å². The zero-order valence-electron chi connectivity index (χ0n) is 8.59. The Morgan fingerprint density at radius 3 is 3.00 bits per heavy atom. The van der Waals surface area contributed by atoms with Crippen LogP contribution in [0.3, 0.4) is 0 Å². The highest BCUT2D eigenvalue weighted by molar-refractivity contribution is 6.30. The molecule has 0 amide bonds. The second kappa shape index (κ2) is 6.28. The van der Waals surface area contributed by atoms with E-state index in [4.69, 9.17) is 21.6 Å². The minimum Gasteiger partial charge on any atom is -0.491 e. The number of nitrogens with zero attached hydrogens (tertiary/aromatic N) is 1. The van der Waals surface area contributed by atoms with Crippen LogP contribution in [0.25, 0.3) is 0 Å². The van der Waals surface area contributed by atoms with Gasteiger partial charge in [0.15, 0.2) is 0 Å². The van der Waals surface area contributed by atoms with E-state index < -0.39 is 0 Å². The molecule has 4 heteroatoms. The van der Waals surface area contributed by atoms with Gasteiger partial charge in [0.1, 0.15) is 18.4 Å². The zero-order chi connectivity index (χ0) is 11.1. The Morgan fingerprint density at radius 2 is 2.33 bits per heavy atom. The second-order valence-electron chi connectivity index (χ2n) is 2.95. The Bertz CT molecular complexity index is 360. The first-order chi connectivity index (χ1) is 7.27. The number of ether oxygens (including phenoxy) is 1. The van der Waals surface area contributed by atoms with Crippen LogP contribution in [0.1, 0.15) is 12.5 Å². The minimum absolute atomic E-state index is 0.510. The van der Waals surface area contributed by atoms with Crippen LogP contribution in [0.2, 0.25) is 5.02 Å². The fourth-order valence-electron chi connectivity index (χ4n) is 1.12. The maximum absolute atomic E-state index is 8.82. The number of nitrogens with one attached hydrogen (secondary N) is 1. The molecule has 0 saturated carbocycles. The standard InChI is InChI=1S/C11H13ClN2O/c1-2-14-5-6-15-11-7-10(12)4-3-9(11)8-13/h3-4,7,14H,2,5-6H2,1H3. The fraction of sp³-hybridized carbons (Fsp3) is 0.364. The number of nitriles is 1. The van der Waals surface area contributed by atoms with Crippen LogP contribution in [0, 0.1) is 11.3 Å². The van der Waals surface area contributed by atoms with Gasteiger partial charge < -0.3 is 10.1 Å². The fourth-order valence-corrected chi connectivity index (χ4v) is 1.28. The maximum Gasteiger partial charge on any atom is 0.138 e. The predicted molar refractivity (Wildman–Crippen MR) is 60.2 cm³/mol. The molecule has 80 valence electrons. The molecule has 0 fully saturated rings. The van der Waals surface area contributed by atoms with Crippen molar-refractivity contribution in [2.75, 3.05) is 19.7 Å². The molecule has 1 rings (SSSR count). The van der Waals surface area contributed by atoms with Crippen molar-refractivity contribution in [3.05, 3.63) is 28.8 Å². The molecule has 0 aliphatic rings. The molecule has 0 spiro atoms. The van der Waals surface area contributed by atoms with E-state index in [0.29, 0.717) is 22.9 Å². The lowest BCUT2D eigenvalue weighted by Crippen LogP contribution is -2.20. The highest BCUT2D eigenvalue weighted by Gasteiger charge is 2.03. The zero-order valence-corrected chi connectivity index (χ0v) is 9.34. The molecule has 0 aliphatic carbocycles. The van der Waals surface area contributed by atoms with Crippen molar-refractivity contribution in [3.63, 3.8) is 0 Å². The lowest BCUT2D eigenvalue weighted by atomic mass is 10.2. The first kappa shape index (κ1) is 11.8. The molecule has 0 heterocycles. The Balaban J connectivity index is 2.59. The van der Waals surface area contributed by atoms with Crippen molar-refractivity contribution in [2.45, 2.75) is 6.92 Å². The molecule has 0 unspecified atom stereocenters. The molecule has 15 heavy (non-hydrogen) atoms. The first-order valence-corrected chi connectivity index (χ1v) is 5.19. The van der Waals surface area contributed by atoms with Crippen molar-refractivity contribution in [1.29, 1.82) is 5.26 Å². The summed E-state index contributed by atoms with van der Waals surface area (Å²) in [5.41, 5.74) is 0.510. The summed E-state index contributed by atoms with van der Waals surface area (Å²) in [6, 6.07) is 7.05. The molecule has 0 radical (unpaired) electrons. The van der Waals surface area contributed by atoms with Crippen LogP contribution in [-0.4, -0.2) is 19.7 Å². The molecule has 3 nitrogen and oxygen atoms in total. The third-order valence-electron chi connectivity index (χ3n) is 1.85. The van der Waals surface area contributed by atoms with E-state index in [2.05, 4.69) is 11.4 Å². The van der Waals surface area contributed by atoms with Gasteiger partial charge in [-0.1, -0.05) is 18.5 Å². The Hall–Kier alpha value is -1.24. The van der Waals surface area contributed by atoms with Gasteiger partial charge in [-0.3, -0.25) is 0 Å². The van der Waals surface area contributed by atoms with Crippen molar-refractivity contribution < 1.29 is 4.74 Å². The van der Waals surface area contributed by atoms with Crippen LogP contribution in [0.4, 0.5) is 0 Å². The number of likely N-dealkylation sites (N-methyl/N-ethyl adjacent to an activating group) is 1. The van der Waals surface area contributed by atoms with E-state index in [0.717, 1.165) is 13.1 Å². The summed E-state index contributed by atoms with van der Waals surface area (Å²) in [6.45, 7) is 4.22. The summed E-state index contributed by atoms with van der Waals surface area (Å²) in [7, 11) is 0. The van der Waals surface area contributed by atoms with Gasteiger partial charge in [0, 0.05) is 17.6 Å². The molecular formula is C11H13ClN2O. The van der Waals surface area contributed by atoms with Crippen molar-refractivity contribution in [3.8, 4) is 11.8 Å². The SMILES string of the molecule is CCNCCOc1cc(Cl)ccc1C#N. The van der Waals surface area contributed by atoms with Crippen LogP contribution in [-0.2, 0) is 0 Å². The lowest BCUT2D eigenvalue weighted by Gasteiger charge is -2.08. The molecule has 1 N–H and O–H groups in total. The molecule has 0 atom stereocenters. The number of hydrogen-bond acceptors (Lipinski definition) is 3. The summed E-state index contributed by atoms with van der Waals surface area (Å²) in [4.78, 5) is 0. The van der Waals surface area contributed by atoms with Gasteiger partial charge in [0.05, 0.1) is 5.56 Å². The molecule has 0 saturated heterocycles. The third kappa shape index (κ3) is 3.78. The normalized spacial score (nSPS) is 9.67. The lowest BCUT2D eigenvalue weighted by molar-refractivity contribution is 0.314. The molecule has 0 aromatic heterocycles. The number of rotatable bonds is 5. The van der Waals surface area contributed by atoms with Crippen LogP contribution in [0.15, 0.2) is 18.2 Å².